The zero-order valence-electron chi connectivity index (χ0n) is 9.61. The van der Waals surface area contributed by atoms with Crippen LogP contribution in [0.4, 0.5) is 5.69 Å². The molecular formula is C13H20N2. The predicted molar refractivity (Wildman–Crippen MR) is 65.3 cm³/mol. The highest BCUT2D eigenvalue weighted by Gasteiger charge is 2.21. The van der Waals surface area contributed by atoms with Gasteiger partial charge < -0.3 is 10.2 Å². The third kappa shape index (κ3) is 2.51. The highest BCUT2D eigenvalue weighted by atomic mass is 15.2. The van der Waals surface area contributed by atoms with Gasteiger partial charge >= 0.3 is 0 Å². The first-order chi connectivity index (χ1) is 7.27. The molecule has 82 valence electrons. The van der Waals surface area contributed by atoms with E-state index in [1.807, 2.05) is 0 Å². The van der Waals surface area contributed by atoms with Gasteiger partial charge in [-0.3, -0.25) is 0 Å². The first-order valence-electron chi connectivity index (χ1n) is 5.81. The number of nitrogens with zero attached hydrogens (tertiary/aromatic N) is 1. The SMILES string of the molecule is CC(C)C1CN(c2ccccc2)CCN1. The summed E-state index contributed by atoms with van der Waals surface area (Å²) in [5.41, 5.74) is 1.35. The molecule has 1 fully saturated rings. The summed E-state index contributed by atoms with van der Waals surface area (Å²) in [4.78, 5) is 2.47. The van der Waals surface area contributed by atoms with Crippen LogP contribution in [0, 0.1) is 5.92 Å². The minimum atomic E-state index is 0.624. The van der Waals surface area contributed by atoms with Gasteiger partial charge in [-0.1, -0.05) is 32.0 Å². The second-order valence-electron chi connectivity index (χ2n) is 4.59. The molecule has 1 atom stereocenters. The van der Waals surface area contributed by atoms with Crippen molar-refractivity contribution in [2.24, 2.45) is 5.92 Å². The molecule has 1 aromatic carbocycles. The van der Waals surface area contributed by atoms with Crippen molar-refractivity contribution in [2.45, 2.75) is 19.9 Å². The minimum Gasteiger partial charge on any atom is -0.369 e. The largest absolute Gasteiger partial charge is 0.369 e. The van der Waals surface area contributed by atoms with E-state index < -0.39 is 0 Å². The molecule has 1 unspecified atom stereocenters. The first kappa shape index (κ1) is 10.5. The number of benzene rings is 1. The summed E-state index contributed by atoms with van der Waals surface area (Å²) < 4.78 is 0. The third-order valence-corrected chi connectivity index (χ3v) is 3.13. The predicted octanol–water partition coefficient (Wildman–Crippen LogP) is 2.12. The van der Waals surface area contributed by atoms with E-state index in [-0.39, 0.29) is 0 Å². The molecule has 1 aromatic rings. The minimum absolute atomic E-state index is 0.624. The van der Waals surface area contributed by atoms with E-state index in [9.17, 15) is 0 Å². The van der Waals surface area contributed by atoms with Gasteiger partial charge in [-0.05, 0) is 18.1 Å². The van der Waals surface area contributed by atoms with Crippen LogP contribution in [0.15, 0.2) is 30.3 Å². The van der Waals surface area contributed by atoms with E-state index in [1.165, 1.54) is 5.69 Å². The molecule has 15 heavy (non-hydrogen) atoms. The Hall–Kier alpha value is -1.02. The summed E-state index contributed by atoms with van der Waals surface area (Å²) in [7, 11) is 0. The van der Waals surface area contributed by atoms with Crippen molar-refractivity contribution in [3.8, 4) is 0 Å². The second-order valence-corrected chi connectivity index (χ2v) is 4.59. The molecule has 0 amide bonds. The summed E-state index contributed by atoms with van der Waals surface area (Å²) >= 11 is 0. The number of rotatable bonds is 2. The third-order valence-electron chi connectivity index (χ3n) is 3.13. The van der Waals surface area contributed by atoms with Gasteiger partial charge in [0.05, 0.1) is 0 Å². The molecular weight excluding hydrogens is 184 g/mol. The van der Waals surface area contributed by atoms with Crippen molar-refractivity contribution in [3.63, 3.8) is 0 Å². The van der Waals surface area contributed by atoms with Crippen LogP contribution in [0.5, 0.6) is 0 Å². The maximum Gasteiger partial charge on any atom is 0.0367 e. The monoisotopic (exact) mass is 204 g/mol. The molecule has 0 radical (unpaired) electrons. The van der Waals surface area contributed by atoms with Crippen molar-refractivity contribution in [1.29, 1.82) is 0 Å². The van der Waals surface area contributed by atoms with Gasteiger partial charge in [0.25, 0.3) is 0 Å². The molecule has 1 aliphatic heterocycles. The molecule has 0 saturated carbocycles. The summed E-state index contributed by atoms with van der Waals surface area (Å²) in [6.45, 7) is 7.91. The molecule has 2 heteroatoms. The smallest absolute Gasteiger partial charge is 0.0367 e. The standard InChI is InChI=1S/C13H20N2/c1-11(2)13-10-15(9-8-14-13)12-6-4-3-5-7-12/h3-7,11,13-14H,8-10H2,1-2H3. The van der Waals surface area contributed by atoms with Crippen molar-refractivity contribution in [1.82, 2.24) is 5.32 Å². The summed E-state index contributed by atoms with van der Waals surface area (Å²) in [5, 5.41) is 3.58. The van der Waals surface area contributed by atoms with E-state index in [0.29, 0.717) is 12.0 Å². The number of nitrogens with one attached hydrogen (secondary N) is 1. The Morgan fingerprint density at radius 1 is 1.27 bits per heavy atom. The van der Waals surface area contributed by atoms with Crippen LogP contribution >= 0.6 is 0 Å². The van der Waals surface area contributed by atoms with Crippen LogP contribution in [0.3, 0.4) is 0 Å². The zero-order chi connectivity index (χ0) is 10.7. The molecule has 1 saturated heterocycles. The topological polar surface area (TPSA) is 15.3 Å². The van der Waals surface area contributed by atoms with Crippen LogP contribution in [0.25, 0.3) is 0 Å². The number of piperazine rings is 1. The molecule has 0 spiro atoms. The lowest BCUT2D eigenvalue weighted by Gasteiger charge is -2.37. The highest BCUT2D eigenvalue weighted by Crippen LogP contribution is 2.17. The van der Waals surface area contributed by atoms with E-state index in [0.717, 1.165) is 19.6 Å². The Labute approximate surface area is 92.3 Å². The quantitative estimate of drug-likeness (QED) is 0.794. The van der Waals surface area contributed by atoms with E-state index in [2.05, 4.69) is 54.4 Å². The number of para-hydroxylation sites is 1. The van der Waals surface area contributed by atoms with Gasteiger partial charge in [0.15, 0.2) is 0 Å². The van der Waals surface area contributed by atoms with Gasteiger partial charge in [-0.15, -0.1) is 0 Å². The molecule has 0 aliphatic carbocycles. The zero-order valence-corrected chi connectivity index (χ0v) is 9.61. The number of hydrogen-bond donors (Lipinski definition) is 1. The van der Waals surface area contributed by atoms with Gasteiger partial charge in [0.1, 0.15) is 0 Å². The van der Waals surface area contributed by atoms with Crippen molar-refractivity contribution >= 4 is 5.69 Å². The fourth-order valence-electron chi connectivity index (χ4n) is 2.10. The first-order valence-corrected chi connectivity index (χ1v) is 5.81. The average molecular weight is 204 g/mol. The highest BCUT2D eigenvalue weighted by molar-refractivity contribution is 5.46. The fourth-order valence-corrected chi connectivity index (χ4v) is 2.10. The number of anilines is 1. The Morgan fingerprint density at radius 3 is 2.67 bits per heavy atom. The Bertz CT molecular complexity index is 295. The van der Waals surface area contributed by atoms with Crippen LogP contribution < -0.4 is 10.2 Å². The molecule has 1 heterocycles. The van der Waals surface area contributed by atoms with Gasteiger partial charge in [0.2, 0.25) is 0 Å². The summed E-state index contributed by atoms with van der Waals surface area (Å²) in [5.74, 6) is 0.705. The molecule has 2 nitrogen and oxygen atoms in total. The lowest BCUT2D eigenvalue weighted by atomic mass is 10.0. The summed E-state index contributed by atoms with van der Waals surface area (Å²) in [6, 6.07) is 11.3. The van der Waals surface area contributed by atoms with Gasteiger partial charge in [-0.25, -0.2) is 0 Å². The second kappa shape index (κ2) is 4.67. The molecule has 1 N–H and O–H groups in total. The van der Waals surface area contributed by atoms with Crippen molar-refractivity contribution < 1.29 is 0 Å². The van der Waals surface area contributed by atoms with E-state index >= 15 is 0 Å². The Balaban J connectivity index is 2.05. The van der Waals surface area contributed by atoms with Crippen molar-refractivity contribution in [2.75, 3.05) is 24.5 Å². The average Bonchev–Trinajstić information content (AvgIpc) is 2.30. The number of hydrogen-bond acceptors (Lipinski definition) is 2. The van der Waals surface area contributed by atoms with E-state index in [4.69, 9.17) is 0 Å². The maximum absolute atomic E-state index is 3.58. The van der Waals surface area contributed by atoms with Crippen LogP contribution in [-0.2, 0) is 0 Å². The van der Waals surface area contributed by atoms with Crippen LogP contribution in [-0.4, -0.2) is 25.7 Å². The molecule has 2 rings (SSSR count). The van der Waals surface area contributed by atoms with Gasteiger partial charge in [0, 0.05) is 31.4 Å². The van der Waals surface area contributed by atoms with Crippen LogP contribution in [0.2, 0.25) is 0 Å². The Kier molecular flexibility index (Phi) is 3.27. The van der Waals surface area contributed by atoms with Gasteiger partial charge in [-0.2, -0.15) is 0 Å². The lowest BCUT2D eigenvalue weighted by molar-refractivity contribution is 0.368. The molecule has 1 aliphatic rings. The fraction of sp³-hybridized carbons (Fsp3) is 0.538. The summed E-state index contributed by atoms with van der Waals surface area (Å²) in [6.07, 6.45) is 0. The normalized spacial score (nSPS) is 22.1. The van der Waals surface area contributed by atoms with Crippen molar-refractivity contribution in [3.05, 3.63) is 30.3 Å². The Morgan fingerprint density at radius 2 is 2.00 bits per heavy atom. The van der Waals surface area contributed by atoms with Crippen LogP contribution in [0.1, 0.15) is 13.8 Å². The van der Waals surface area contributed by atoms with E-state index in [1.54, 1.807) is 0 Å². The lowest BCUT2D eigenvalue weighted by Crippen LogP contribution is -2.52. The maximum atomic E-state index is 3.58. The molecule has 0 aromatic heterocycles. The molecule has 0 bridgehead atoms.